The SMILES string of the molecule is C=CC(C=C)(c1ccc(OCC(O)CS)cc1)c1ccc(OCC(O)CS)cc1. The number of thiol groups is 2. The molecule has 0 aliphatic rings. The van der Waals surface area contributed by atoms with E-state index in [2.05, 4.69) is 38.4 Å². The van der Waals surface area contributed by atoms with Crippen molar-refractivity contribution in [3.8, 4) is 11.5 Å². The van der Waals surface area contributed by atoms with Gasteiger partial charge in [-0.25, -0.2) is 0 Å². The van der Waals surface area contributed by atoms with Gasteiger partial charge < -0.3 is 19.7 Å². The molecule has 2 aromatic rings. The van der Waals surface area contributed by atoms with Crippen LogP contribution >= 0.6 is 25.3 Å². The van der Waals surface area contributed by atoms with Gasteiger partial charge in [0.05, 0.1) is 17.6 Å². The molecule has 0 saturated carbocycles. The molecule has 156 valence electrons. The Bertz CT molecular complexity index is 707. The number of ether oxygens (including phenoxy) is 2. The molecule has 0 spiro atoms. The van der Waals surface area contributed by atoms with Gasteiger partial charge in [-0.3, -0.25) is 0 Å². The Labute approximate surface area is 183 Å². The minimum Gasteiger partial charge on any atom is -0.491 e. The molecule has 2 atom stereocenters. The highest BCUT2D eigenvalue weighted by Crippen LogP contribution is 2.36. The van der Waals surface area contributed by atoms with Crippen molar-refractivity contribution in [1.29, 1.82) is 0 Å². The van der Waals surface area contributed by atoms with Gasteiger partial charge in [0.1, 0.15) is 24.7 Å². The first kappa shape index (κ1) is 23.4. The Morgan fingerprint density at radius 1 is 0.759 bits per heavy atom. The number of allylic oxidation sites excluding steroid dienone is 2. The second-order valence-electron chi connectivity index (χ2n) is 6.62. The lowest BCUT2D eigenvalue weighted by atomic mass is 9.75. The zero-order chi connectivity index (χ0) is 21.3. The maximum absolute atomic E-state index is 9.58. The highest BCUT2D eigenvalue weighted by atomic mass is 32.1. The number of hydrogen-bond donors (Lipinski definition) is 4. The predicted molar refractivity (Wildman–Crippen MR) is 125 cm³/mol. The zero-order valence-corrected chi connectivity index (χ0v) is 18.1. The molecule has 0 saturated heterocycles. The van der Waals surface area contributed by atoms with Gasteiger partial charge in [-0.15, -0.1) is 13.2 Å². The van der Waals surface area contributed by atoms with Crippen molar-refractivity contribution in [3.05, 3.63) is 85.0 Å². The van der Waals surface area contributed by atoms with E-state index >= 15 is 0 Å². The van der Waals surface area contributed by atoms with Crippen molar-refractivity contribution in [2.75, 3.05) is 24.7 Å². The van der Waals surface area contributed by atoms with Gasteiger partial charge in [0.15, 0.2) is 0 Å². The lowest BCUT2D eigenvalue weighted by molar-refractivity contribution is 0.126. The van der Waals surface area contributed by atoms with Crippen molar-refractivity contribution in [1.82, 2.24) is 0 Å². The smallest absolute Gasteiger partial charge is 0.119 e. The second kappa shape index (κ2) is 11.4. The molecule has 0 heterocycles. The third-order valence-corrected chi connectivity index (χ3v) is 5.46. The average molecular weight is 433 g/mol. The summed E-state index contributed by atoms with van der Waals surface area (Å²) in [4.78, 5) is 0. The van der Waals surface area contributed by atoms with E-state index in [1.54, 1.807) is 0 Å². The number of rotatable bonds is 12. The zero-order valence-electron chi connectivity index (χ0n) is 16.3. The van der Waals surface area contributed by atoms with Crippen LogP contribution in [0.2, 0.25) is 0 Å². The lowest BCUT2D eigenvalue weighted by Gasteiger charge is -2.28. The fourth-order valence-electron chi connectivity index (χ4n) is 2.87. The van der Waals surface area contributed by atoms with Crippen molar-refractivity contribution < 1.29 is 19.7 Å². The summed E-state index contributed by atoms with van der Waals surface area (Å²) in [6.07, 6.45) is 2.49. The van der Waals surface area contributed by atoms with E-state index in [0.717, 1.165) is 11.1 Å². The fraction of sp³-hybridized carbons (Fsp3) is 0.304. The molecular weight excluding hydrogens is 404 g/mol. The van der Waals surface area contributed by atoms with Gasteiger partial charge in [0.2, 0.25) is 0 Å². The normalized spacial score (nSPS) is 13.4. The number of benzene rings is 2. The molecule has 2 N–H and O–H groups in total. The fourth-order valence-corrected chi connectivity index (χ4v) is 3.08. The third-order valence-electron chi connectivity index (χ3n) is 4.61. The molecule has 0 aliphatic carbocycles. The van der Waals surface area contributed by atoms with Crippen LogP contribution < -0.4 is 9.47 Å². The average Bonchev–Trinajstić information content (AvgIpc) is 2.78. The Hall–Kier alpha value is -1.86. The molecule has 0 radical (unpaired) electrons. The van der Waals surface area contributed by atoms with Gasteiger partial charge in [-0.1, -0.05) is 36.4 Å². The van der Waals surface area contributed by atoms with Crippen LogP contribution in [0.1, 0.15) is 11.1 Å². The molecule has 0 bridgehead atoms. The summed E-state index contributed by atoms with van der Waals surface area (Å²) >= 11 is 8.08. The Kier molecular flexibility index (Phi) is 9.17. The highest BCUT2D eigenvalue weighted by Gasteiger charge is 2.27. The maximum atomic E-state index is 9.58. The topological polar surface area (TPSA) is 58.9 Å². The van der Waals surface area contributed by atoms with Crippen molar-refractivity contribution in [3.63, 3.8) is 0 Å². The molecule has 2 unspecified atom stereocenters. The molecule has 6 heteroatoms. The molecule has 4 nitrogen and oxygen atoms in total. The van der Waals surface area contributed by atoms with Crippen LogP contribution in [0.3, 0.4) is 0 Å². The minimum atomic E-state index is -0.604. The molecule has 2 rings (SSSR count). The van der Waals surface area contributed by atoms with Gasteiger partial charge >= 0.3 is 0 Å². The monoisotopic (exact) mass is 432 g/mol. The standard InChI is InChI=1S/C23H28O4S2/c1-3-23(4-2,17-5-9-21(10-6-17)26-13-19(24)15-28)18-7-11-22(12-8-18)27-14-20(25)16-29/h3-12,19-20,24-25,28-29H,1-2,13-16H2. The quantitative estimate of drug-likeness (QED) is 0.305. The summed E-state index contributed by atoms with van der Waals surface area (Å²) in [5, 5.41) is 19.2. The van der Waals surface area contributed by atoms with Crippen LogP contribution in [0, 0.1) is 0 Å². The summed E-state index contributed by atoms with van der Waals surface area (Å²) in [7, 11) is 0. The molecule has 0 amide bonds. The highest BCUT2D eigenvalue weighted by molar-refractivity contribution is 7.80. The molecule has 0 aromatic heterocycles. The molecule has 0 aliphatic heterocycles. The van der Waals surface area contributed by atoms with Crippen molar-refractivity contribution >= 4 is 25.3 Å². The van der Waals surface area contributed by atoms with Crippen LogP contribution in [0.4, 0.5) is 0 Å². The van der Waals surface area contributed by atoms with E-state index in [-0.39, 0.29) is 13.2 Å². The van der Waals surface area contributed by atoms with Crippen LogP contribution in [0.5, 0.6) is 11.5 Å². The molecule has 0 fully saturated rings. The number of aliphatic hydroxyl groups is 2. The summed E-state index contributed by atoms with van der Waals surface area (Å²) in [6.45, 7) is 8.44. The van der Waals surface area contributed by atoms with Gasteiger partial charge in [0.25, 0.3) is 0 Å². The number of aliphatic hydroxyl groups excluding tert-OH is 2. The Morgan fingerprint density at radius 3 is 1.38 bits per heavy atom. The predicted octanol–water partition coefficient (Wildman–Crippen LogP) is 3.68. The summed E-state index contributed by atoms with van der Waals surface area (Å²) in [6, 6.07) is 15.3. The van der Waals surface area contributed by atoms with E-state index in [9.17, 15) is 10.2 Å². The first-order valence-corrected chi connectivity index (χ1v) is 10.6. The maximum Gasteiger partial charge on any atom is 0.119 e. The van der Waals surface area contributed by atoms with E-state index in [1.165, 1.54) is 0 Å². The van der Waals surface area contributed by atoms with Gasteiger partial charge in [0, 0.05) is 11.5 Å². The van der Waals surface area contributed by atoms with Gasteiger partial charge in [-0.2, -0.15) is 25.3 Å². The molecule has 2 aromatic carbocycles. The summed E-state index contributed by atoms with van der Waals surface area (Å²) in [5.74, 6) is 2.04. The third kappa shape index (κ3) is 6.06. The Morgan fingerprint density at radius 2 is 1.10 bits per heavy atom. The van der Waals surface area contributed by atoms with Crippen LogP contribution in [0.25, 0.3) is 0 Å². The van der Waals surface area contributed by atoms with Crippen molar-refractivity contribution in [2.24, 2.45) is 0 Å². The molecular formula is C23H28O4S2. The number of hydrogen-bond acceptors (Lipinski definition) is 6. The first-order chi connectivity index (χ1) is 14.0. The Balaban J connectivity index is 2.20. The summed E-state index contributed by atoms with van der Waals surface area (Å²) < 4.78 is 11.2. The van der Waals surface area contributed by atoms with Gasteiger partial charge in [-0.05, 0) is 35.4 Å². The van der Waals surface area contributed by atoms with E-state index < -0.39 is 17.6 Å². The second-order valence-corrected chi connectivity index (χ2v) is 7.35. The largest absolute Gasteiger partial charge is 0.491 e. The van der Waals surface area contributed by atoms with Crippen molar-refractivity contribution in [2.45, 2.75) is 17.6 Å². The molecule has 29 heavy (non-hydrogen) atoms. The van der Waals surface area contributed by atoms with Crippen LogP contribution in [0.15, 0.2) is 73.8 Å². The van der Waals surface area contributed by atoms with Crippen LogP contribution in [-0.4, -0.2) is 47.1 Å². The minimum absolute atomic E-state index is 0.195. The van der Waals surface area contributed by atoms with E-state index in [0.29, 0.717) is 23.0 Å². The summed E-state index contributed by atoms with van der Waals surface area (Å²) in [5.41, 5.74) is 1.40. The lowest BCUT2D eigenvalue weighted by Crippen LogP contribution is -2.22. The van der Waals surface area contributed by atoms with E-state index in [1.807, 2.05) is 60.7 Å². The van der Waals surface area contributed by atoms with Crippen LogP contribution in [-0.2, 0) is 5.41 Å². The van der Waals surface area contributed by atoms with E-state index in [4.69, 9.17) is 9.47 Å². The first-order valence-electron chi connectivity index (χ1n) is 9.30.